The molecule has 32 heavy (non-hydrogen) atoms. The fraction of sp³-hybridized carbons (Fsp3) is 0.625. The monoisotopic (exact) mass is 459 g/mol. The van der Waals surface area contributed by atoms with Gasteiger partial charge in [-0.05, 0) is 52.2 Å². The molecule has 8 heteroatoms. The summed E-state index contributed by atoms with van der Waals surface area (Å²) in [4.78, 5) is 42.4. The molecule has 3 saturated heterocycles. The Morgan fingerprint density at radius 2 is 1.91 bits per heavy atom. The molecule has 3 aliphatic heterocycles. The van der Waals surface area contributed by atoms with Crippen LogP contribution in [0.3, 0.4) is 0 Å². The van der Waals surface area contributed by atoms with Crippen LogP contribution in [0.15, 0.2) is 30.3 Å². The van der Waals surface area contributed by atoms with Crippen LogP contribution in [0.4, 0.5) is 5.69 Å². The molecule has 2 bridgehead atoms. The van der Waals surface area contributed by atoms with Crippen molar-refractivity contribution in [2.24, 2.45) is 11.8 Å². The molecule has 4 rings (SSSR count). The standard InChI is InChI=1S/C24H33N3O4S/c1-5-16(13-28)27-19(21(30)25-14(2)3)24-12-11-23(4,32-24)17(18(24)22(27)31)20(29)26-15-9-7-6-8-10-15/h6-10,14,16-19,28H,5,11-13H2,1-4H3,(H,25,30)(H,26,29)/t16-,17+,18-,19?,23-,24?/m0/s1. The predicted molar refractivity (Wildman–Crippen MR) is 125 cm³/mol. The summed E-state index contributed by atoms with van der Waals surface area (Å²) in [5.74, 6) is -1.67. The van der Waals surface area contributed by atoms with Crippen molar-refractivity contribution in [1.29, 1.82) is 0 Å². The van der Waals surface area contributed by atoms with E-state index in [4.69, 9.17) is 0 Å². The molecule has 3 fully saturated rings. The summed E-state index contributed by atoms with van der Waals surface area (Å²) in [5, 5.41) is 16.0. The zero-order valence-corrected chi connectivity index (χ0v) is 19.9. The van der Waals surface area contributed by atoms with E-state index in [2.05, 4.69) is 17.6 Å². The number of amides is 3. The molecule has 0 radical (unpaired) electrons. The molecule has 0 saturated carbocycles. The average molecular weight is 460 g/mol. The van der Waals surface area contributed by atoms with Gasteiger partial charge in [0.15, 0.2) is 0 Å². The van der Waals surface area contributed by atoms with Crippen LogP contribution in [0.25, 0.3) is 0 Å². The van der Waals surface area contributed by atoms with Crippen molar-refractivity contribution in [2.45, 2.75) is 74.6 Å². The molecule has 3 amide bonds. The summed E-state index contributed by atoms with van der Waals surface area (Å²) in [6.45, 7) is 7.54. The molecule has 1 aromatic rings. The summed E-state index contributed by atoms with van der Waals surface area (Å²) < 4.78 is -1.07. The van der Waals surface area contributed by atoms with Crippen molar-refractivity contribution >= 4 is 35.2 Å². The lowest BCUT2D eigenvalue weighted by Crippen LogP contribution is -2.57. The van der Waals surface area contributed by atoms with Gasteiger partial charge in [-0.3, -0.25) is 14.4 Å². The van der Waals surface area contributed by atoms with Crippen LogP contribution in [0.1, 0.15) is 47.0 Å². The average Bonchev–Trinajstić information content (AvgIpc) is 3.30. The highest BCUT2D eigenvalue weighted by atomic mass is 32.2. The van der Waals surface area contributed by atoms with E-state index in [0.29, 0.717) is 18.5 Å². The van der Waals surface area contributed by atoms with Crippen molar-refractivity contribution in [3.63, 3.8) is 0 Å². The van der Waals surface area contributed by atoms with E-state index in [1.165, 1.54) is 0 Å². The van der Waals surface area contributed by atoms with E-state index in [1.807, 2.05) is 51.1 Å². The number of aliphatic hydroxyl groups excluding tert-OH is 1. The van der Waals surface area contributed by atoms with E-state index in [9.17, 15) is 19.5 Å². The zero-order valence-electron chi connectivity index (χ0n) is 19.1. The predicted octanol–water partition coefficient (Wildman–Crippen LogP) is 2.40. The number of fused-ring (bicyclic) bond motifs is 1. The first-order valence-electron chi connectivity index (χ1n) is 11.5. The van der Waals surface area contributed by atoms with Crippen LogP contribution in [0.2, 0.25) is 0 Å². The fourth-order valence-electron chi connectivity index (χ4n) is 5.98. The van der Waals surface area contributed by atoms with E-state index in [-0.39, 0.29) is 30.4 Å². The van der Waals surface area contributed by atoms with Crippen molar-refractivity contribution in [1.82, 2.24) is 10.2 Å². The highest BCUT2D eigenvalue weighted by Gasteiger charge is 2.77. The SMILES string of the molecule is CC[C@@H](CO)N1C(=O)[C@@H]2[C@H](C(=O)Nc3ccccc3)[C@]3(C)CCC2(S3)C1C(=O)NC(C)C. The van der Waals surface area contributed by atoms with E-state index >= 15 is 0 Å². The number of nitrogens with one attached hydrogen (secondary N) is 2. The number of anilines is 1. The zero-order chi connectivity index (χ0) is 23.3. The van der Waals surface area contributed by atoms with Gasteiger partial charge >= 0.3 is 0 Å². The molecule has 1 aromatic carbocycles. The smallest absolute Gasteiger partial charge is 0.244 e. The number of likely N-dealkylation sites (tertiary alicyclic amines) is 1. The largest absolute Gasteiger partial charge is 0.394 e. The highest BCUT2D eigenvalue weighted by molar-refractivity contribution is 8.02. The number of carbonyl (C=O) groups is 3. The minimum atomic E-state index is -0.694. The Balaban J connectivity index is 1.75. The second-order valence-corrected chi connectivity index (χ2v) is 11.6. The quantitative estimate of drug-likeness (QED) is 0.582. The summed E-state index contributed by atoms with van der Waals surface area (Å²) in [6.07, 6.45) is 2.01. The third kappa shape index (κ3) is 3.43. The first-order valence-corrected chi connectivity index (χ1v) is 12.3. The van der Waals surface area contributed by atoms with Gasteiger partial charge in [-0.1, -0.05) is 25.1 Å². The van der Waals surface area contributed by atoms with Gasteiger partial charge < -0.3 is 20.6 Å². The first kappa shape index (κ1) is 23.1. The molecule has 3 N–H and O–H groups in total. The molecule has 174 valence electrons. The number of hydrogen-bond donors (Lipinski definition) is 3. The molecular weight excluding hydrogens is 426 g/mol. The van der Waals surface area contributed by atoms with Gasteiger partial charge in [0.1, 0.15) is 6.04 Å². The van der Waals surface area contributed by atoms with Crippen LogP contribution in [-0.4, -0.2) is 62.0 Å². The molecular formula is C24H33N3O4S. The van der Waals surface area contributed by atoms with Gasteiger partial charge in [-0.25, -0.2) is 0 Å². The Labute approximate surface area is 193 Å². The van der Waals surface area contributed by atoms with Crippen molar-refractivity contribution in [3.8, 4) is 0 Å². The molecule has 0 aromatic heterocycles. The van der Waals surface area contributed by atoms with Crippen molar-refractivity contribution < 1.29 is 19.5 Å². The lowest BCUT2D eigenvalue weighted by atomic mass is 9.66. The van der Waals surface area contributed by atoms with E-state index in [0.717, 1.165) is 6.42 Å². The summed E-state index contributed by atoms with van der Waals surface area (Å²) in [5.41, 5.74) is 0.695. The molecule has 3 aliphatic rings. The molecule has 6 atom stereocenters. The minimum absolute atomic E-state index is 0.0690. The molecule has 1 spiro atoms. The lowest BCUT2D eigenvalue weighted by molar-refractivity contribution is -0.142. The fourth-order valence-corrected chi connectivity index (χ4v) is 8.32. The lowest BCUT2D eigenvalue weighted by Gasteiger charge is -2.37. The number of hydrogen-bond acceptors (Lipinski definition) is 5. The Bertz CT molecular complexity index is 906. The maximum atomic E-state index is 13.9. The second-order valence-electron chi connectivity index (χ2n) is 9.74. The topological polar surface area (TPSA) is 98.7 Å². The molecule has 0 aliphatic carbocycles. The molecule has 2 unspecified atom stereocenters. The van der Waals surface area contributed by atoms with Crippen LogP contribution < -0.4 is 10.6 Å². The summed E-state index contributed by atoms with van der Waals surface area (Å²) in [7, 11) is 0. The number of rotatable bonds is 7. The van der Waals surface area contributed by atoms with Crippen LogP contribution in [0, 0.1) is 11.8 Å². The van der Waals surface area contributed by atoms with Gasteiger partial charge in [0.25, 0.3) is 0 Å². The molecule has 3 heterocycles. The van der Waals surface area contributed by atoms with Crippen molar-refractivity contribution in [3.05, 3.63) is 30.3 Å². The van der Waals surface area contributed by atoms with Gasteiger partial charge in [-0.15, -0.1) is 11.8 Å². The number of nitrogens with zero attached hydrogens (tertiary/aromatic N) is 1. The number of benzene rings is 1. The molecule has 7 nitrogen and oxygen atoms in total. The maximum absolute atomic E-state index is 13.9. The Morgan fingerprint density at radius 1 is 1.22 bits per heavy atom. The first-order chi connectivity index (χ1) is 15.2. The van der Waals surface area contributed by atoms with Crippen LogP contribution in [-0.2, 0) is 14.4 Å². The van der Waals surface area contributed by atoms with Crippen LogP contribution >= 0.6 is 11.8 Å². The van der Waals surface area contributed by atoms with Crippen molar-refractivity contribution in [2.75, 3.05) is 11.9 Å². The number of carbonyl (C=O) groups excluding carboxylic acids is 3. The minimum Gasteiger partial charge on any atom is -0.394 e. The highest BCUT2D eigenvalue weighted by Crippen LogP contribution is 2.71. The second kappa shape index (κ2) is 8.37. The maximum Gasteiger partial charge on any atom is 0.244 e. The summed E-state index contributed by atoms with van der Waals surface area (Å²) >= 11 is 1.64. The number of aliphatic hydroxyl groups is 1. The Morgan fingerprint density at radius 3 is 2.50 bits per heavy atom. The van der Waals surface area contributed by atoms with E-state index in [1.54, 1.807) is 16.7 Å². The van der Waals surface area contributed by atoms with Crippen LogP contribution in [0.5, 0.6) is 0 Å². The third-order valence-electron chi connectivity index (χ3n) is 7.29. The Kier molecular flexibility index (Phi) is 6.05. The number of para-hydroxylation sites is 1. The van der Waals surface area contributed by atoms with Gasteiger partial charge in [0.2, 0.25) is 17.7 Å². The summed E-state index contributed by atoms with van der Waals surface area (Å²) in [6, 6.07) is 8.05. The third-order valence-corrected chi connectivity index (χ3v) is 9.28. The van der Waals surface area contributed by atoms with Gasteiger partial charge in [0, 0.05) is 16.5 Å². The number of thioether (sulfide) groups is 1. The van der Waals surface area contributed by atoms with Gasteiger partial charge in [0.05, 0.1) is 29.2 Å². The van der Waals surface area contributed by atoms with Gasteiger partial charge in [-0.2, -0.15) is 0 Å². The van der Waals surface area contributed by atoms with E-state index < -0.39 is 33.4 Å². The normalized spacial score (nSPS) is 34.0. The Hall–Kier alpha value is -2.06.